The highest BCUT2D eigenvalue weighted by Crippen LogP contribution is 2.28. The average molecular weight is 200 g/mol. The van der Waals surface area contributed by atoms with Gasteiger partial charge in [0.25, 0.3) is 0 Å². The summed E-state index contributed by atoms with van der Waals surface area (Å²) in [6, 6.07) is 8.10. The fourth-order valence-corrected chi connectivity index (χ4v) is 1.84. The maximum Gasteiger partial charge on any atom is 0.0855 e. The zero-order valence-corrected chi connectivity index (χ0v) is 8.93. The van der Waals surface area contributed by atoms with Gasteiger partial charge in [0.1, 0.15) is 0 Å². The molecule has 1 N–H and O–H groups in total. The van der Waals surface area contributed by atoms with E-state index in [0.717, 1.165) is 12.0 Å². The standard InChI is InChI=1S/C14H16O/c1-11-7-9-13(10-8-11)14(15)12-5-3-2-4-6-12/h2-5,7-10,12,14-15H,6H2,1H3/t12-,14-/m1/s1. The molecule has 0 aliphatic heterocycles. The molecule has 15 heavy (non-hydrogen) atoms. The molecule has 1 heteroatoms. The summed E-state index contributed by atoms with van der Waals surface area (Å²) in [5, 5.41) is 10.2. The lowest BCUT2D eigenvalue weighted by Gasteiger charge is -2.20. The van der Waals surface area contributed by atoms with Crippen molar-refractivity contribution in [2.75, 3.05) is 0 Å². The lowest BCUT2D eigenvalue weighted by molar-refractivity contribution is 0.132. The minimum atomic E-state index is -0.383. The van der Waals surface area contributed by atoms with E-state index in [4.69, 9.17) is 0 Å². The number of allylic oxidation sites excluding steroid dienone is 3. The second-order valence-corrected chi connectivity index (χ2v) is 4.07. The summed E-state index contributed by atoms with van der Waals surface area (Å²) < 4.78 is 0. The number of aliphatic hydroxyl groups is 1. The molecular formula is C14H16O. The molecule has 78 valence electrons. The van der Waals surface area contributed by atoms with Gasteiger partial charge in [-0.15, -0.1) is 0 Å². The van der Waals surface area contributed by atoms with Crippen molar-refractivity contribution in [3.63, 3.8) is 0 Å². The Morgan fingerprint density at radius 2 is 1.93 bits per heavy atom. The molecule has 1 aromatic carbocycles. The lowest BCUT2D eigenvalue weighted by Crippen LogP contribution is -2.10. The third kappa shape index (κ3) is 2.37. The van der Waals surface area contributed by atoms with Gasteiger partial charge in [0.2, 0.25) is 0 Å². The zero-order valence-electron chi connectivity index (χ0n) is 8.93. The van der Waals surface area contributed by atoms with E-state index in [2.05, 4.69) is 19.1 Å². The first-order valence-corrected chi connectivity index (χ1v) is 5.35. The second kappa shape index (κ2) is 4.45. The van der Waals surface area contributed by atoms with E-state index in [-0.39, 0.29) is 12.0 Å². The van der Waals surface area contributed by atoms with E-state index < -0.39 is 0 Å². The van der Waals surface area contributed by atoms with Gasteiger partial charge in [-0.1, -0.05) is 54.1 Å². The van der Waals surface area contributed by atoms with E-state index in [0.29, 0.717) is 0 Å². The molecule has 0 unspecified atom stereocenters. The number of hydrogen-bond acceptors (Lipinski definition) is 1. The van der Waals surface area contributed by atoms with Gasteiger partial charge in [-0.2, -0.15) is 0 Å². The van der Waals surface area contributed by atoms with Crippen LogP contribution in [0.15, 0.2) is 48.6 Å². The van der Waals surface area contributed by atoms with Crippen LogP contribution in [-0.2, 0) is 0 Å². The first-order chi connectivity index (χ1) is 7.27. The van der Waals surface area contributed by atoms with Crippen molar-refractivity contribution in [2.45, 2.75) is 19.4 Å². The number of rotatable bonds is 2. The molecule has 0 heterocycles. The van der Waals surface area contributed by atoms with Gasteiger partial charge >= 0.3 is 0 Å². The van der Waals surface area contributed by atoms with Gasteiger partial charge in [-0.3, -0.25) is 0 Å². The van der Waals surface area contributed by atoms with Gasteiger partial charge in [-0.05, 0) is 18.9 Å². The molecule has 1 aromatic rings. The van der Waals surface area contributed by atoms with Crippen LogP contribution in [0.5, 0.6) is 0 Å². The Balaban J connectivity index is 2.13. The molecule has 2 atom stereocenters. The number of aryl methyl sites for hydroxylation is 1. The predicted molar refractivity (Wildman–Crippen MR) is 62.5 cm³/mol. The second-order valence-electron chi connectivity index (χ2n) is 4.07. The molecule has 0 spiro atoms. The fourth-order valence-electron chi connectivity index (χ4n) is 1.84. The monoisotopic (exact) mass is 200 g/mol. The van der Waals surface area contributed by atoms with Crippen LogP contribution in [-0.4, -0.2) is 5.11 Å². The van der Waals surface area contributed by atoms with Crippen molar-refractivity contribution in [3.05, 3.63) is 59.7 Å². The molecule has 0 saturated carbocycles. The molecule has 0 radical (unpaired) electrons. The van der Waals surface area contributed by atoms with Gasteiger partial charge in [-0.25, -0.2) is 0 Å². The van der Waals surface area contributed by atoms with Crippen LogP contribution in [0.25, 0.3) is 0 Å². The Labute approximate surface area is 90.8 Å². The maximum absolute atomic E-state index is 10.2. The normalized spacial score (nSPS) is 21.6. The van der Waals surface area contributed by atoms with Gasteiger partial charge in [0.15, 0.2) is 0 Å². The van der Waals surface area contributed by atoms with Crippen molar-refractivity contribution in [3.8, 4) is 0 Å². The Kier molecular flexibility index (Phi) is 3.02. The molecule has 1 nitrogen and oxygen atoms in total. The van der Waals surface area contributed by atoms with Gasteiger partial charge in [0.05, 0.1) is 6.10 Å². The van der Waals surface area contributed by atoms with Crippen molar-refractivity contribution in [1.82, 2.24) is 0 Å². The third-order valence-electron chi connectivity index (χ3n) is 2.84. The Morgan fingerprint density at radius 1 is 1.20 bits per heavy atom. The van der Waals surface area contributed by atoms with Crippen LogP contribution in [0.2, 0.25) is 0 Å². The molecule has 0 amide bonds. The minimum Gasteiger partial charge on any atom is -0.388 e. The van der Waals surface area contributed by atoms with Gasteiger partial charge in [0, 0.05) is 5.92 Å². The van der Waals surface area contributed by atoms with E-state index in [9.17, 15) is 5.11 Å². The van der Waals surface area contributed by atoms with Crippen LogP contribution in [0.1, 0.15) is 23.7 Å². The van der Waals surface area contributed by atoms with E-state index in [1.807, 2.05) is 36.4 Å². The van der Waals surface area contributed by atoms with E-state index >= 15 is 0 Å². The molecule has 2 rings (SSSR count). The van der Waals surface area contributed by atoms with Crippen LogP contribution < -0.4 is 0 Å². The number of hydrogen-bond donors (Lipinski definition) is 1. The first-order valence-electron chi connectivity index (χ1n) is 5.35. The SMILES string of the molecule is Cc1ccc([C@H](O)[C@@H]2C=CC=CC2)cc1. The largest absolute Gasteiger partial charge is 0.388 e. The third-order valence-corrected chi connectivity index (χ3v) is 2.84. The summed E-state index contributed by atoms with van der Waals surface area (Å²) in [6.07, 6.45) is 8.74. The summed E-state index contributed by atoms with van der Waals surface area (Å²) in [6.45, 7) is 2.05. The molecule has 0 bridgehead atoms. The van der Waals surface area contributed by atoms with Crippen LogP contribution in [0.4, 0.5) is 0 Å². The summed E-state index contributed by atoms with van der Waals surface area (Å²) in [5.41, 5.74) is 2.23. The minimum absolute atomic E-state index is 0.220. The van der Waals surface area contributed by atoms with Crippen LogP contribution in [0.3, 0.4) is 0 Å². The maximum atomic E-state index is 10.2. The number of aliphatic hydroxyl groups excluding tert-OH is 1. The van der Waals surface area contributed by atoms with Crippen molar-refractivity contribution in [2.24, 2.45) is 5.92 Å². The van der Waals surface area contributed by atoms with Crippen LogP contribution in [0, 0.1) is 12.8 Å². The topological polar surface area (TPSA) is 20.2 Å². The average Bonchev–Trinajstić information content (AvgIpc) is 2.30. The van der Waals surface area contributed by atoms with Crippen molar-refractivity contribution < 1.29 is 5.11 Å². The summed E-state index contributed by atoms with van der Waals surface area (Å²) in [7, 11) is 0. The predicted octanol–water partition coefficient (Wildman–Crippen LogP) is 3.16. The van der Waals surface area contributed by atoms with E-state index in [1.165, 1.54) is 5.56 Å². The summed E-state index contributed by atoms with van der Waals surface area (Å²) >= 11 is 0. The van der Waals surface area contributed by atoms with Crippen LogP contribution >= 0.6 is 0 Å². The fraction of sp³-hybridized carbons (Fsp3) is 0.286. The highest BCUT2D eigenvalue weighted by atomic mass is 16.3. The first kappa shape index (κ1) is 10.2. The molecule has 1 aliphatic carbocycles. The van der Waals surface area contributed by atoms with E-state index in [1.54, 1.807) is 0 Å². The van der Waals surface area contributed by atoms with Crippen molar-refractivity contribution in [1.29, 1.82) is 0 Å². The summed E-state index contributed by atoms with van der Waals surface area (Å²) in [4.78, 5) is 0. The molecule has 0 aromatic heterocycles. The van der Waals surface area contributed by atoms with Gasteiger partial charge < -0.3 is 5.11 Å². The molecular weight excluding hydrogens is 184 g/mol. The Morgan fingerprint density at radius 3 is 2.53 bits per heavy atom. The highest BCUT2D eigenvalue weighted by molar-refractivity contribution is 5.25. The Hall–Kier alpha value is -1.34. The quantitative estimate of drug-likeness (QED) is 0.777. The molecule has 0 saturated heterocycles. The Bertz CT molecular complexity index is 373. The summed E-state index contributed by atoms with van der Waals surface area (Å²) in [5.74, 6) is 0.220. The lowest BCUT2D eigenvalue weighted by atomic mass is 9.90. The highest BCUT2D eigenvalue weighted by Gasteiger charge is 2.17. The molecule has 0 fully saturated rings. The van der Waals surface area contributed by atoms with Crippen molar-refractivity contribution >= 4 is 0 Å². The molecule has 1 aliphatic rings. The smallest absolute Gasteiger partial charge is 0.0855 e. The zero-order chi connectivity index (χ0) is 10.7. The number of benzene rings is 1.